The smallest absolute Gasteiger partial charge is 0.0548 e. The zero-order valence-corrected chi connectivity index (χ0v) is 27.4. The Kier molecular flexibility index (Phi) is 6.53. The van der Waals surface area contributed by atoms with Crippen LogP contribution in [-0.4, -0.2) is 9.13 Å². The van der Waals surface area contributed by atoms with Crippen LogP contribution in [0.5, 0.6) is 0 Å². The van der Waals surface area contributed by atoms with Crippen molar-refractivity contribution in [2.45, 2.75) is 0 Å². The number of aromatic nitrogens is 2. The molecule has 0 N–H and O–H groups in total. The molecule has 2 heteroatoms. The summed E-state index contributed by atoms with van der Waals surface area (Å²) in [5.41, 5.74) is 14.4. The average Bonchev–Trinajstić information content (AvgIpc) is 3.71. The second-order valence-corrected chi connectivity index (χ2v) is 13.0. The Hall–Kier alpha value is -6.64. The Morgan fingerprint density at radius 2 is 0.700 bits per heavy atom. The van der Waals surface area contributed by atoms with Crippen LogP contribution in [-0.2, 0) is 0 Å². The molecule has 8 aromatic carbocycles. The standard InChI is InChI=1S/C48H32N2/c1-4-14-33(15-5-1)35-18-12-19-36(30-35)37-20-13-23-40(31-37)50-43-25-11-10-24-41(43)47-45(50)29-28-44-48(47)42-27-26-38(34-16-6-2-7-17-34)32-46(42)49(44)39-21-8-3-9-22-39/h1-32H. The van der Waals surface area contributed by atoms with E-state index in [4.69, 9.17) is 0 Å². The topological polar surface area (TPSA) is 9.86 Å². The molecule has 0 atom stereocenters. The molecule has 10 rings (SSSR count). The molecule has 10 aromatic rings. The van der Waals surface area contributed by atoms with Crippen LogP contribution in [0.2, 0.25) is 0 Å². The van der Waals surface area contributed by atoms with E-state index in [9.17, 15) is 0 Å². The maximum absolute atomic E-state index is 2.44. The molecule has 0 aliphatic rings. The second kappa shape index (κ2) is 11.5. The largest absolute Gasteiger partial charge is 0.309 e. The van der Waals surface area contributed by atoms with Gasteiger partial charge in [-0.15, -0.1) is 0 Å². The summed E-state index contributed by atoms with van der Waals surface area (Å²) in [5, 5.41) is 5.07. The lowest BCUT2D eigenvalue weighted by molar-refractivity contribution is 1.17. The van der Waals surface area contributed by atoms with Crippen molar-refractivity contribution in [3.8, 4) is 44.8 Å². The molecule has 2 aromatic heterocycles. The molecule has 0 bridgehead atoms. The molecule has 0 aliphatic carbocycles. The maximum Gasteiger partial charge on any atom is 0.0548 e. The lowest BCUT2D eigenvalue weighted by atomic mass is 9.99. The molecular weight excluding hydrogens is 605 g/mol. The monoisotopic (exact) mass is 636 g/mol. The molecule has 0 radical (unpaired) electrons. The zero-order chi connectivity index (χ0) is 33.0. The third-order valence-corrected chi connectivity index (χ3v) is 10.1. The normalized spacial score (nSPS) is 11.6. The fourth-order valence-corrected chi connectivity index (χ4v) is 7.84. The van der Waals surface area contributed by atoms with Gasteiger partial charge in [-0.3, -0.25) is 0 Å². The first-order valence-corrected chi connectivity index (χ1v) is 17.2. The highest BCUT2D eigenvalue weighted by molar-refractivity contribution is 6.29. The molecule has 0 saturated carbocycles. The van der Waals surface area contributed by atoms with Gasteiger partial charge in [-0.05, 0) is 88.0 Å². The third-order valence-electron chi connectivity index (χ3n) is 10.1. The van der Waals surface area contributed by atoms with E-state index in [-0.39, 0.29) is 0 Å². The summed E-state index contributed by atoms with van der Waals surface area (Å²) in [5.74, 6) is 0. The van der Waals surface area contributed by atoms with Gasteiger partial charge in [0.1, 0.15) is 0 Å². The average molecular weight is 637 g/mol. The van der Waals surface area contributed by atoms with Gasteiger partial charge >= 0.3 is 0 Å². The number of fused-ring (bicyclic) bond motifs is 7. The van der Waals surface area contributed by atoms with E-state index in [1.54, 1.807) is 0 Å². The van der Waals surface area contributed by atoms with Crippen LogP contribution in [0.15, 0.2) is 194 Å². The number of nitrogens with zero attached hydrogens (tertiary/aromatic N) is 2. The van der Waals surface area contributed by atoms with E-state index in [1.807, 2.05) is 0 Å². The van der Waals surface area contributed by atoms with Crippen LogP contribution < -0.4 is 0 Å². The minimum atomic E-state index is 1.15. The van der Waals surface area contributed by atoms with Crippen molar-refractivity contribution in [3.05, 3.63) is 194 Å². The van der Waals surface area contributed by atoms with E-state index in [1.165, 1.54) is 77.0 Å². The van der Waals surface area contributed by atoms with Gasteiger partial charge in [0.15, 0.2) is 0 Å². The van der Waals surface area contributed by atoms with Gasteiger partial charge in [0.25, 0.3) is 0 Å². The Bertz CT molecular complexity index is 2840. The minimum Gasteiger partial charge on any atom is -0.309 e. The van der Waals surface area contributed by atoms with Crippen LogP contribution in [0.25, 0.3) is 88.4 Å². The van der Waals surface area contributed by atoms with E-state index in [2.05, 4.69) is 203 Å². The number of rotatable bonds is 5. The molecule has 0 aliphatic heterocycles. The summed E-state index contributed by atoms with van der Waals surface area (Å²) in [6.45, 7) is 0. The Labute approximate surface area is 290 Å². The fraction of sp³-hybridized carbons (Fsp3) is 0. The fourth-order valence-electron chi connectivity index (χ4n) is 7.84. The first-order valence-electron chi connectivity index (χ1n) is 17.2. The van der Waals surface area contributed by atoms with Gasteiger partial charge in [0, 0.05) is 32.9 Å². The van der Waals surface area contributed by atoms with Crippen molar-refractivity contribution in [2.24, 2.45) is 0 Å². The van der Waals surface area contributed by atoms with Crippen molar-refractivity contribution in [1.29, 1.82) is 0 Å². The van der Waals surface area contributed by atoms with Gasteiger partial charge in [0.2, 0.25) is 0 Å². The van der Waals surface area contributed by atoms with Crippen LogP contribution in [0, 0.1) is 0 Å². The number of hydrogen-bond donors (Lipinski definition) is 0. The first-order chi connectivity index (χ1) is 24.8. The Morgan fingerprint density at radius 1 is 0.240 bits per heavy atom. The van der Waals surface area contributed by atoms with E-state index < -0.39 is 0 Å². The summed E-state index contributed by atoms with van der Waals surface area (Å²) >= 11 is 0. The molecular formula is C48H32N2. The van der Waals surface area contributed by atoms with Gasteiger partial charge in [-0.2, -0.15) is 0 Å². The van der Waals surface area contributed by atoms with Gasteiger partial charge in [-0.25, -0.2) is 0 Å². The van der Waals surface area contributed by atoms with Crippen molar-refractivity contribution in [1.82, 2.24) is 9.13 Å². The van der Waals surface area contributed by atoms with Crippen molar-refractivity contribution < 1.29 is 0 Å². The van der Waals surface area contributed by atoms with E-state index in [0.29, 0.717) is 0 Å². The predicted octanol–water partition coefficient (Wildman–Crippen LogP) is 12.9. The lowest BCUT2D eigenvalue weighted by Gasteiger charge is -2.12. The molecule has 0 saturated heterocycles. The predicted molar refractivity (Wildman–Crippen MR) is 211 cm³/mol. The quantitative estimate of drug-likeness (QED) is 0.178. The highest BCUT2D eigenvalue weighted by Crippen LogP contribution is 2.43. The zero-order valence-electron chi connectivity index (χ0n) is 27.4. The first kappa shape index (κ1) is 28.4. The highest BCUT2D eigenvalue weighted by atomic mass is 15.0. The van der Waals surface area contributed by atoms with Gasteiger partial charge < -0.3 is 9.13 Å². The van der Waals surface area contributed by atoms with Crippen LogP contribution in [0.1, 0.15) is 0 Å². The summed E-state index contributed by atoms with van der Waals surface area (Å²) in [6, 6.07) is 70.3. The summed E-state index contributed by atoms with van der Waals surface area (Å²) in [4.78, 5) is 0. The maximum atomic E-state index is 2.44. The second-order valence-electron chi connectivity index (χ2n) is 13.0. The number of para-hydroxylation sites is 2. The van der Waals surface area contributed by atoms with Crippen LogP contribution in [0.4, 0.5) is 0 Å². The third kappa shape index (κ3) is 4.50. The SMILES string of the molecule is c1ccc(-c2cccc(-c3cccc(-n4c5ccccc5c5c6c7ccc(-c8ccccc8)cc7n(-c7ccccc7)c6ccc54)c3)c2)cc1. The summed E-state index contributed by atoms with van der Waals surface area (Å²) in [7, 11) is 0. The van der Waals surface area contributed by atoms with Crippen molar-refractivity contribution in [2.75, 3.05) is 0 Å². The van der Waals surface area contributed by atoms with Crippen LogP contribution >= 0.6 is 0 Å². The van der Waals surface area contributed by atoms with Crippen molar-refractivity contribution >= 4 is 43.6 Å². The lowest BCUT2D eigenvalue weighted by Crippen LogP contribution is -1.95. The van der Waals surface area contributed by atoms with E-state index >= 15 is 0 Å². The molecule has 0 fully saturated rings. The number of benzene rings is 8. The van der Waals surface area contributed by atoms with Gasteiger partial charge in [-0.1, -0.05) is 140 Å². The molecule has 50 heavy (non-hydrogen) atoms. The molecule has 2 heterocycles. The Morgan fingerprint density at radius 3 is 1.38 bits per heavy atom. The molecule has 234 valence electrons. The number of hydrogen-bond acceptors (Lipinski definition) is 0. The highest BCUT2D eigenvalue weighted by Gasteiger charge is 2.21. The summed E-state index contributed by atoms with van der Waals surface area (Å²) < 4.78 is 4.88. The van der Waals surface area contributed by atoms with Crippen molar-refractivity contribution in [3.63, 3.8) is 0 Å². The summed E-state index contributed by atoms with van der Waals surface area (Å²) in [6.07, 6.45) is 0. The molecule has 0 amide bonds. The van der Waals surface area contributed by atoms with Gasteiger partial charge in [0.05, 0.1) is 22.1 Å². The molecule has 0 spiro atoms. The van der Waals surface area contributed by atoms with Crippen LogP contribution in [0.3, 0.4) is 0 Å². The molecule has 2 nitrogen and oxygen atoms in total. The molecule has 0 unspecified atom stereocenters. The minimum absolute atomic E-state index is 1.15. The van der Waals surface area contributed by atoms with E-state index in [0.717, 1.165) is 11.4 Å². The Balaban J connectivity index is 1.23.